The molecule has 2 amide bonds. The van der Waals surface area contributed by atoms with E-state index in [1.165, 1.54) is 11.3 Å². The van der Waals surface area contributed by atoms with Crippen LogP contribution in [0.3, 0.4) is 0 Å². The first-order valence-corrected chi connectivity index (χ1v) is 5.21. The van der Waals surface area contributed by atoms with Gasteiger partial charge in [-0.15, -0.1) is 11.3 Å². The number of primary amides is 1. The van der Waals surface area contributed by atoms with Crippen LogP contribution < -0.4 is 11.2 Å². The normalized spacial score (nSPS) is 9.79. The zero-order valence-corrected chi connectivity index (χ0v) is 9.35. The summed E-state index contributed by atoms with van der Waals surface area (Å²) in [5, 5.41) is 1.66. The molecule has 1 heterocycles. The van der Waals surface area contributed by atoms with Crippen molar-refractivity contribution in [2.45, 2.75) is 0 Å². The van der Waals surface area contributed by atoms with Crippen molar-refractivity contribution in [3.8, 4) is 0 Å². The minimum absolute atomic E-state index is 0.336. The number of hydrogen-bond donors (Lipinski definition) is 2. The maximum absolute atomic E-state index is 11.2. The Morgan fingerprint density at radius 2 is 2.36 bits per heavy atom. The average molecular weight is 279 g/mol. The molecule has 1 aromatic rings. The van der Waals surface area contributed by atoms with Crippen molar-refractivity contribution in [3.05, 3.63) is 20.8 Å². The van der Waals surface area contributed by atoms with E-state index >= 15 is 0 Å². The fourth-order valence-corrected chi connectivity index (χ4v) is 1.80. The van der Waals surface area contributed by atoms with Crippen molar-refractivity contribution < 1.29 is 14.4 Å². The fourth-order valence-electron chi connectivity index (χ4n) is 0.661. The van der Waals surface area contributed by atoms with Crippen LogP contribution >= 0.6 is 27.3 Å². The number of carbonyl (C=O) groups is 2. The lowest BCUT2D eigenvalue weighted by Crippen LogP contribution is -2.29. The van der Waals surface area contributed by atoms with E-state index < -0.39 is 11.8 Å². The SMILES string of the molecule is NC(=O)CONC(=O)c1csc(Br)c1. The molecule has 0 aromatic carbocycles. The molecule has 1 aromatic heterocycles. The number of hydrogen-bond acceptors (Lipinski definition) is 4. The molecule has 0 spiro atoms. The first-order chi connectivity index (χ1) is 6.59. The second-order valence-electron chi connectivity index (χ2n) is 2.33. The van der Waals surface area contributed by atoms with Gasteiger partial charge in [-0.1, -0.05) is 0 Å². The Labute approximate surface area is 92.3 Å². The Morgan fingerprint density at radius 3 is 2.86 bits per heavy atom. The summed E-state index contributed by atoms with van der Waals surface area (Å²) in [7, 11) is 0. The summed E-state index contributed by atoms with van der Waals surface area (Å²) < 4.78 is 0.845. The van der Waals surface area contributed by atoms with Crippen molar-refractivity contribution in [1.29, 1.82) is 0 Å². The third kappa shape index (κ3) is 3.44. The monoisotopic (exact) mass is 278 g/mol. The number of amides is 2. The molecule has 0 aliphatic heterocycles. The van der Waals surface area contributed by atoms with Gasteiger partial charge in [0, 0.05) is 5.38 Å². The summed E-state index contributed by atoms with van der Waals surface area (Å²) in [6.45, 7) is -0.336. The Bertz CT molecular complexity index is 352. The molecule has 0 saturated carbocycles. The highest BCUT2D eigenvalue weighted by Crippen LogP contribution is 2.20. The number of halogens is 1. The summed E-state index contributed by atoms with van der Waals surface area (Å²) >= 11 is 4.60. The maximum Gasteiger partial charge on any atom is 0.275 e. The minimum Gasteiger partial charge on any atom is -0.368 e. The topological polar surface area (TPSA) is 81.4 Å². The zero-order chi connectivity index (χ0) is 10.6. The predicted molar refractivity (Wildman–Crippen MR) is 54.6 cm³/mol. The molecule has 0 radical (unpaired) electrons. The highest BCUT2D eigenvalue weighted by Gasteiger charge is 2.07. The Morgan fingerprint density at radius 1 is 1.64 bits per heavy atom. The Kier molecular flexibility index (Phi) is 4.05. The van der Waals surface area contributed by atoms with Gasteiger partial charge in [0.2, 0.25) is 5.91 Å². The van der Waals surface area contributed by atoms with Gasteiger partial charge in [0.05, 0.1) is 9.35 Å². The molecule has 0 saturated heterocycles. The van der Waals surface area contributed by atoms with Crippen LogP contribution in [0, 0.1) is 0 Å². The van der Waals surface area contributed by atoms with E-state index in [1.54, 1.807) is 11.4 Å². The van der Waals surface area contributed by atoms with Gasteiger partial charge in [-0.25, -0.2) is 5.48 Å². The third-order valence-corrected chi connectivity index (χ3v) is 2.71. The molecule has 0 aliphatic rings. The number of hydroxylamine groups is 1. The number of thiophene rings is 1. The van der Waals surface area contributed by atoms with Crippen LogP contribution in [0.1, 0.15) is 10.4 Å². The molecular formula is C7H7BrN2O3S. The summed E-state index contributed by atoms with van der Waals surface area (Å²) in [6, 6.07) is 1.65. The second-order valence-corrected chi connectivity index (χ2v) is 4.62. The molecule has 0 bridgehead atoms. The molecule has 7 heteroatoms. The molecule has 76 valence electrons. The number of rotatable bonds is 4. The first-order valence-electron chi connectivity index (χ1n) is 3.54. The van der Waals surface area contributed by atoms with E-state index in [0.717, 1.165) is 3.79 Å². The molecule has 14 heavy (non-hydrogen) atoms. The van der Waals surface area contributed by atoms with E-state index in [-0.39, 0.29) is 6.61 Å². The van der Waals surface area contributed by atoms with E-state index in [4.69, 9.17) is 5.73 Å². The van der Waals surface area contributed by atoms with Crippen LogP contribution in [-0.2, 0) is 9.63 Å². The van der Waals surface area contributed by atoms with Crippen molar-refractivity contribution in [1.82, 2.24) is 5.48 Å². The lowest BCUT2D eigenvalue weighted by molar-refractivity contribution is -0.124. The summed E-state index contributed by atoms with van der Waals surface area (Å²) in [5.74, 6) is -1.05. The fraction of sp³-hybridized carbons (Fsp3) is 0.143. The second kappa shape index (κ2) is 5.08. The molecule has 5 nitrogen and oxygen atoms in total. The van der Waals surface area contributed by atoms with Crippen molar-refractivity contribution in [2.75, 3.05) is 6.61 Å². The van der Waals surface area contributed by atoms with Gasteiger partial charge in [0.15, 0.2) is 6.61 Å². The highest BCUT2D eigenvalue weighted by molar-refractivity contribution is 9.11. The van der Waals surface area contributed by atoms with Gasteiger partial charge >= 0.3 is 0 Å². The molecule has 0 aliphatic carbocycles. The van der Waals surface area contributed by atoms with Crippen LogP contribution in [0.4, 0.5) is 0 Å². The van der Waals surface area contributed by atoms with E-state index in [0.29, 0.717) is 5.56 Å². The van der Waals surface area contributed by atoms with Crippen molar-refractivity contribution >= 4 is 39.1 Å². The molecular weight excluding hydrogens is 272 g/mol. The Balaban J connectivity index is 2.39. The molecule has 3 N–H and O–H groups in total. The summed E-state index contributed by atoms with van der Waals surface area (Å²) in [4.78, 5) is 26.0. The molecule has 0 fully saturated rings. The lowest BCUT2D eigenvalue weighted by atomic mass is 10.3. The average Bonchev–Trinajstić information content (AvgIpc) is 2.51. The van der Waals surface area contributed by atoms with Crippen LogP contribution in [0.2, 0.25) is 0 Å². The van der Waals surface area contributed by atoms with Crippen molar-refractivity contribution in [3.63, 3.8) is 0 Å². The van der Waals surface area contributed by atoms with Gasteiger partial charge in [0.25, 0.3) is 5.91 Å². The van der Waals surface area contributed by atoms with Crippen LogP contribution in [0.15, 0.2) is 15.2 Å². The van der Waals surface area contributed by atoms with Crippen molar-refractivity contribution in [2.24, 2.45) is 5.73 Å². The summed E-state index contributed by atoms with van der Waals surface area (Å²) in [5.41, 5.74) is 7.35. The third-order valence-electron chi connectivity index (χ3n) is 1.21. The van der Waals surface area contributed by atoms with Crippen LogP contribution in [0.25, 0.3) is 0 Å². The highest BCUT2D eigenvalue weighted by atomic mass is 79.9. The molecule has 1 rings (SSSR count). The van der Waals surface area contributed by atoms with E-state index in [2.05, 4.69) is 26.2 Å². The standard InChI is InChI=1S/C7H7BrN2O3S/c8-5-1-4(3-14-5)7(12)10-13-2-6(9)11/h1,3H,2H2,(H2,9,11)(H,10,12). The van der Waals surface area contributed by atoms with E-state index in [9.17, 15) is 9.59 Å². The largest absolute Gasteiger partial charge is 0.368 e. The molecule has 0 atom stereocenters. The predicted octanol–water partition coefficient (Wildman–Crippen LogP) is 0.657. The van der Waals surface area contributed by atoms with Gasteiger partial charge in [-0.3, -0.25) is 14.4 Å². The molecule has 0 unspecified atom stereocenters. The quantitative estimate of drug-likeness (QED) is 0.794. The van der Waals surface area contributed by atoms with Crippen LogP contribution in [-0.4, -0.2) is 18.4 Å². The van der Waals surface area contributed by atoms with Crippen LogP contribution in [0.5, 0.6) is 0 Å². The minimum atomic E-state index is -0.642. The maximum atomic E-state index is 11.2. The smallest absolute Gasteiger partial charge is 0.275 e. The van der Waals surface area contributed by atoms with E-state index in [1.807, 2.05) is 0 Å². The Hall–Kier alpha value is -0.920. The van der Waals surface area contributed by atoms with Gasteiger partial charge in [-0.05, 0) is 22.0 Å². The van der Waals surface area contributed by atoms with Gasteiger partial charge in [0.1, 0.15) is 0 Å². The lowest BCUT2D eigenvalue weighted by Gasteiger charge is -2.01. The number of nitrogens with two attached hydrogens (primary N) is 1. The van der Waals surface area contributed by atoms with Gasteiger partial charge < -0.3 is 5.73 Å². The van der Waals surface area contributed by atoms with Gasteiger partial charge in [-0.2, -0.15) is 0 Å². The number of nitrogens with one attached hydrogen (secondary N) is 1. The summed E-state index contributed by atoms with van der Waals surface area (Å²) in [6.07, 6.45) is 0. The zero-order valence-electron chi connectivity index (χ0n) is 6.95. The number of carbonyl (C=O) groups excluding carboxylic acids is 2. The first kappa shape index (κ1) is 11.2.